The number of para-hydroxylation sites is 1. The molecular weight excluding hydrogens is 350 g/mol. The van der Waals surface area contributed by atoms with Crippen LogP contribution < -0.4 is 10.6 Å². The Hall–Kier alpha value is -2.66. The van der Waals surface area contributed by atoms with Gasteiger partial charge in [0.25, 0.3) is 0 Å². The fourth-order valence-corrected chi connectivity index (χ4v) is 3.02. The van der Waals surface area contributed by atoms with Gasteiger partial charge in [0.15, 0.2) is 0 Å². The maximum Gasteiger partial charge on any atom is 0.243 e. The summed E-state index contributed by atoms with van der Waals surface area (Å²) in [6, 6.07) is 13.9. The third-order valence-electron chi connectivity index (χ3n) is 5.07. The molecule has 5 nitrogen and oxygen atoms in total. The molecule has 0 heterocycles. The van der Waals surface area contributed by atoms with E-state index < -0.39 is 0 Å². The summed E-state index contributed by atoms with van der Waals surface area (Å²) in [6.45, 7) is 8.50. The number of carbonyl (C=O) groups is 2. The molecule has 0 spiro atoms. The summed E-state index contributed by atoms with van der Waals surface area (Å²) in [4.78, 5) is 26.6. The highest BCUT2D eigenvalue weighted by Crippen LogP contribution is 2.19. The molecule has 0 bridgehead atoms. The first kappa shape index (κ1) is 21.6. The topological polar surface area (TPSA) is 61.4 Å². The Morgan fingerprint density at radius 1 is 1.00 bits per heavy atom. The number of nitrogens with one attached hydrogen (secondary N) is 2. The molecule has 2 aromatic rings. The third kappa shape index (κ3) is 5.92. The Balaban J connectivity index is 1.84. The molecule has 1 atom stereocenters. The van der Waals surface area contributed by atoms with Gasteiger partial charge in [-0.05, 0) is 56.5 Å². The second-order valence-electron chi connectivity index (χ2n) is 7.29. The summed E-state index contributed by atoms with van der Waals surface area (Å²) in [7, 11) is 1.91. The van der Waals surface area contributed by atoms with Crippen LogP contribution in [0.15, 0.2) is 42.5 Å². The van der Waals surface area contributed by atoms with Crippen molar-refractivity contribution in [3.8, 4) is 0 Å². The summed E-state index contributed by atoms with van der Waals surface area (Å²) in [6.07, 6.45) is 1.01. The van der Waals surface area contributed by atoms with Crippen molar-refractivity contribution in [2.45, 2.75) is 46.7 Å². The molecule has 5 heteroatoms. The Morgan fingerprint density at radius 3 is 2.14 bits per heavy atom. The van der Waals surface area contributed by atoms with Gasteiger partial charge >= 0.3 is 0 Å². The van der Waals surface area contributed by atoms with Crippen LogP contribution in [0.2, 0.25) is 0 Å². The number of carbonyl (C=O) groups excluding carboxylic acids is 2. The number of amides is 2. The molecule has 2 amide bonds. The van der Waals surface area contributed by atoms with Crippen molar-refractivity contribution in [2.24, 2.45) is 0 Å². The van der Waals surface area contributed by atoms with Gasteiger partial charge in [-0.2, -0.15) is 0 Å². The lowest BCUT2D eigenvalue weighted by molar-refractivity contribution is -0.127. The highest BCUT2D eigenvalue weighted by atomic mass is 16.2. The zero-order chi connectivity index (χ0) is 20.7. The summed E-state index contributed by atoms with van der Waals surface area (Å²) < 4.78 is 0. The van der Waals surface area contributed by atoms with E-state index in [1.807, 2.05) is 50.9 Å². The van der Waals surface area contributed by atoms with Crippen LogP contribution in [0.4, 0.5) is 5.69 Å². The van der Waals surface area contributed by atoms with E-state index in [0.29, 0.717) is 6.54 Å². The fraction of sp³-hybridized carbons (Fsp3) is 0.391. The Kier molecular flexibility index (Phi) is 7.76. The molecule has 0 aliphatic heterocycles. The first-order chi connectivity index (χ1) is 13.3. The van der Waals surface area contributed by atoms with Crippen molar-refractivity contribution in [1.29, 1.82) is 0 Å². The lowest BCUT2D eigenvalue weighted by atomic mass is 10.1. The van der Waals surface area contributed by atoms with Gasteiger partial charge in [-0.15, -0.1) is 0 Å². The molecular formula is C23H31N3O2. The molecule has 0 fully saturated rings. The minimum atomic E-state index is -0.334. The molecule has 0 aromatic heterocycles. The van der Waals surface area contributed by atoms with Crippen LogP contribution in [0, 0.1) is 13.8 Å². The molecule has 0 aliphatic rings. The molecule has 2 rings (SSSR count). The number of likely N-dealkylation sites (N-methyl/N-ethyl adjacent to an activating group) is 1. The summed E-state index contributed by atoms with van der Waals surface area (Å²) in [5.74, 6) is -0.389. The normalized spacial score (nSPS) is 11.9. The summed E-state index contributed by atoms with van der Waals surface area (Å²) in [5, 5.41) is 5.62. The first-order valence-corrected chi connectivity index (χ1v) is 9.73. The first-order valence-electron chi connectivity index (χ1n) is 9.73. The average molecular weight is 382 g/mol. The van der Waals surface area contributed by atoms with E-state index in [2.05, 4.69) is 41.8 Å². The maximum absolute atomic E-state index is 12.4. The predicted octanol–water partition coefficient (Wildman–Crippen LogP) is 3.44. The van der Waals surface area contributed by atoms with Crippen molar-refractivity contribution in [2.75, 3.05) is 18.9 Å². The lowest BCUT2D eigenvalue weighted by Gasteiger charge is -2.24. The van der Waals surface area contributed by atoms with Gasteiger partial charge in [0.1, 0.15) is 0 Å². The van der Waals surface area contributed by atoms with Crippen LogP contribution in [0.5, 0.6) is 0 Å². The van der Waals surface area contributed by atoms with Gasteiger partial charge in [-0.3, -0.25) is 14.5 Å². The lowest BCUT2D eigenvalue weighted by Crippen LogP contribution is -2.45. The number of rotatable bonds is 8. The number of anilines is 1. The van der Waals surface area contributed by atoms with Gasteiger partial charge < -0.3 is 10.6 Å². The van der Waals surface area contributed by atoms with E-state index in [1.165, 1.54) is 5.56 Å². The van der Waals surface area contributed by atoms with Crippen LogP contribution in [0.1, 0.15) is 36.1 Å². The molecule has 0 unspecified atom stereocenters. The smallest absolute Gasteiger partial charge is 0.243 e. The molecule has 2 aromatic carbocycles. The van der Waals surface area contributed by atoms with Crippen molar-refractivity contribution in [1.82, 2.24) is 10.2 Å². The highest BCUT2D eigenvalue weighted by molar-refractivity contribution is 5.96. The Bertz CT molecular complexity index is 795. The Labute approximate surface area is 168 Å². The second-order valence-corrected chi connectivity index (χ2v) is 7.29. The monoisotopic (exact) mass is 381 g/mol. The standard InChI is InChI=1S/C23H31N3O2/c1-6-19-10-12-20(13-11-19)15-26(5)18(4)23(28)24-14-21(27)25-22-16(2)8-7-9-17(22)3/h7-13,18H,6,14-15H2,1-5H3,(H,24,28)(H,25,27)/t18-/m1/s1. The minimum Gasteiger partial charge on any atom is -0.346 e. The predicted molar refractivity (Wildman–Crippen MR) is 114 cm³/mol. The quantitative estimate of drug-likeness (QED) is 0.736. The van der Waals surface area contributed by atoms with Gasteiger partial charge in [-0.25, -0.2) is 0 Å². The number of hydrogen-bond acceptors (Lipinski definition) is 3. The minimum absolute atomic E-state index is 0.0457. The average Bonchev–Trinajstić information content (AvgIpc) is 2.69. The van der Waals surface area contributed by atoms with Crippen LogP contribution in [0.3, 0.4) is 0 Å². The third-order valence-corrected chi connectivity index (χ3v) is 5.07. The SMILES string of the molecule is CCc1ccc(CN(C)[C@H](C)C(=O)NCC(=O)Nc2c(C)cccc2C)cc1. The van der Waals surface area contributed by atoms with Gasteiger partial charge in [0.05, 0.1) is 12.6 Å². The molecule has 28 heavy (non-hydrogen) atoms. The van der Waals surface area contributed by atoms with Gasteiger partial charge in [0, 0.05) is 12.2 Å². The highest BCUT2D eigenvalue weighted by Gasteiger charge is 2.19. The van der Waals surface area contributed by atoms with Crippen molar-refractivity contribution in [3.63, 3.8) is 0 Å². The van der Waals surface area contributed by atoms with E-state index in [-0.39, 0.29) is 24.4 Å². The van der Waals surface area contributed by atoms with E-state index in [0.717, 1.165) is 28.8 Å². The second kappa shape index (κ2) is 10.0. The zero-order valence-corrected chi connectivity index (χ0v) is 17.5. The van der Waals surface area contributed by atoms with Crippen molar-refractivity contribution >= 4 is 17.5 Å². The largest absolute Gasteiger partial charge is 0.346 e. The van der Waals surface area contributed by atoms with Crippen LogP contribution in [-0.4, -0.2) is 36.3 Å². The molecule has 0 aliphatic carbocycles. The maximum atomic E-state index is 12.4. The van der Waals surface area contributed by atoms with Gasteiger partial charge in [-0.1, -0.05) is 49.4 Å². The number of aryl methyl sites for hydroxylation is 3. The van der Waals surface area contributed by atoms with E-state index in [9.17, 15) is 9.59 Å². The van der Waals surface area contributed by atoms with Crippen molar-refractivity contribution in [3.05, 3.63) is 64.7 Å². The number of nitrogens with zero attached hydrogens (tertiary/aromatic N) is 1. The van der Waals surface area contributed by atoms with Crippen LogP contribution in [0.25, 0.3) is 0 Å². The van der Waals surface area contributed by atoms with Crippen molar-refractivity contribution < 1.29 is 9.59 Å². The summed E-state index contributed by atoms with van der Waals surface area (Å²) >= 11 is 0. The van der Waals surface area contributed by atoms with Crippen LogP contribution in [-0.2, 0) is 22.6 Å². The molecule has 2 N–H and O–H groups in total. The number of benzene rings is 2. The molecule has 0 saturated carbocycles. The van der Waals surface area contributed by atoms with Gasteiger partial charge in [0.2, 0.25) is 11.8 Å². The van der Waals surface area contributed by atoms with E-state index >= 15 is 0 Å². The van der Waals surface area contributed by atoms with E-state index in [4.69, 9.17) is 0 Å². The van der Waals surface area contributed by atoms with Crippen LogP contribution >= 0.6 is 0 Å². The summed E-state index contributed by atoms with van der Waals surface area (Å²) in [5.41, 5.74) is 5.27. The Morgan fingerprint density at radius 2 is 1.57 bits per heavy atom. The van der Waals surface area contributed by atoms with E-state index in [1.54, 1.807) is 0 Å². The molecule has 150 valence electrons. The fourth-order valence-electron chi connectivity index (χ4n) is 3.02. The zero-order valence-electron chi connectivity index (χ0n) is 17.5. The molecule has 0 saturated heterocycles. The molecule has 0 radical (unpaired) electrons. The number of hydrogen-bond donors (Lipinski definition) is 2.